The van der Waals surface area contributed by atoms with Crippen LogP contribution >= 0.6 is 0 Å². The van der Waals surface area contributed by atoms with Crippen molar-refractivity contribution in [3.63, 3.8) is 0 Å². The van der Waals surface area contributed by atoms with E-state index in [1.165, 1.54) is 0 Å². The molecule has 0 amide bonds. The van der Waals surface area contributed by atoms with Crippen molar-refractivity contribution < 1.29 is 9.53 Å². The summed E-state index contributed by atoms with van der Waals surface area (Å²) in [6.45, 7) is 5.91. The van der Waals surface area contributed by atoms with Crippen LogP contribution in [0, 0.1) is 0 Å². The van der Waals surface area contributed by atoms with Gasteiger partial charge in [-0.05, 0) is 12.5 Å². The van der Waals surface area contributed by atoms with Crippen LogP contribution in [0.3, 0.4) is 0 Å². The van der Waals surface area contributed by atoms with Crippen molar-refractivity contribution in [2.45, 2.75) is 13.3 Å². The van der Waals surface area contributed by atoms with Gasteiger partial charge in [0, 0.05) is 6.42 Å². The minimum atomic E-state index is -0.225. The molecule has 2 nitrogen and oxygen atoms in total. The maximum atomic E-state index is 11.1. The minimum Gasteiger partial charge on any atom is -0.462 e. The molecule has 0 radical (unpaired) electrons. The molecule has 0 aromatic heterocycles. The van der Waals surface area contributed by atoms with E-state index < -0.39 is 0 Å². The van der Waals surface area contributed by atoms with Crippen molar-refractivity contribution in [2.24, 2.45) is 0 Å². The van der Waals surface area contributed by atoms with Gasteiger partial charge in [-0.3, -0.25) is 0 Å². The summed E-state index contributed by atoms with van der Waals surface area (Å²) in [5.41, 5.74) is 1.69. The summed E-state index contributed by atoms with van der Waals surface area (Å²) in [7, 11) is 0. The van der Waals surface area contributed by atoms with E-state index >= 15 is 0 Å². The number of carbonyl (C=O) groups is 1. The van der Waals surface area contributed by atoms with Gasteiger partial charge in [-0.25, -0.2) is 4.79 Å². The summed E-state index contributed by atoms with van der Waals surface area (Å²) >= 11 is 0. The molecule has 2 heteroatoms. The van der Waals surface area contributed by atoms with Crippen molar-refractivity contribution >= 4 is 5.97 Å². The molecule has 0 N–H and O–H groups in total. The van der Waals surface area contributed by atoms with Crippen molar-refractivity contribution in [1.82, 2.24) is 0 Å². The van der Waals surface area contributed by atoms with Crippen LogP contribution < -0.4 is 0 Å². The van der Waals surface area contributed by atoms with E-state index in [0.29, 0.717) is 12.2 Å². The fourth-order valence-corrected chi connectivity index (χ4v) is 1.22. The number of cyclic esters (lactones) is 1. The Labute approximate surface area is 72.2 Å². The molecule has 0 aliphatic carbocycles. The van der Waals surface area contributed by atoms with Gasteiger partial charge in [-0.1, -0.05) is 24.8 Å². The molecule has 1 aliphatic heterocycles. The maximum Gasteiger partial charge on any atom is 0.338 e. The normalized spacial score (nSPS) is 24.2. The average Bonchev–Trinajstić information content (AvgIpc) is 2.05. The van der Waals surface area contributed by atoms with Crippen molar-refractivity contribution in [2.75, 3.05) is 6.61 Å². The van der Waals surface area contributed by atoms with Crippen molar-refractivity contribution in [1.29, 1.82) is 0 Å². The lowest BCUT2D eigenvalue weighted by atomic mass is 10.0. The lowest BCUT2D eigenvalue weighted by molar-refractivity contribution is -0.139. The molecular weight excluding hydrogens is 152 g/mol. The zero-order valence-electron chi connectivity index (χ0n) is 7.17. The van der Waals surface area contributed by atoms with Crippen LogP contribution in [0.2, 0.25) is 0 Å². The molecule has 0 spiro atoms. The molecule has 1 aliphatic rings. The fourth-order valence-electron chi connectivity index (χ4n) is 1.22. The van der Waals surface area contributed by atoms with Gasteiger partial charge in [0.1, 0.15) is 0 Å². The minimum absolute atomic E-state index is 0.225. The number of carbonyl (C=O) groups excluding carboxylic acids is 1. The molecule has 0 unspecified atom stereocenters. The molecule has 0 bridgehead atoms. The van der Waals surface area contributed by atoms with E-state index in [1.54, 1.807) is 12.2 Å². The first kappa shape index (κ1) is 8.78. The molecular formula is C10H12O2. The molecule has 0 aromatic carbocycles. The molecule has 1 rings (SSSR count). The van der Waals surface area contributed by atoms with E-state index in [0.717, 1.165) is 12.0 Å². The third-order valence-electron chi connectivity index (χ3n) is 1.78. The highest BCUT2D eigenvalue weighted by Crippen LogP contribution is 2.20. The van der Waals surface area contributed by atoms with Gasteiger partial charge < -0.3 is 4.74 Å². The van der Waals surface area contributed by atoms with Crippen molar-refractivity contribution in [3.05, 3.63) is 36.0 Å². The second kappa shape index (κ2) is 3.90. The fraction of sp³-hybridized carbons (Fsp3) is 0.300. The monoisotopic (exact) mass is 164 g/mol. The van der Waals surface area contributed by atoms with Gasteiger partial charge in [0.05, 0.1) is 12.2 Å². The maximum absolute atomic E-state index is 11.1. The summed E-state index contributed by atoms with van der Waals surface area (Å²) in [6.07, 6.45) is 6.11. The van der Waals surface area contributed by atoms with E-state index in [1.807, 2.05) is 13.0 Å². The van der Waals surface area contributed by atoms with Gasteiger partial charge in [-0.2, -0.15) is 0 Å². The second-order valence-electron chi connectivity index (χ2n) is 2.52. The Morgan fingerprint density at radius 2 is 2.33 bits per heavy atom. The van der Waals surface area contributed by atoms with Gasteiger partial charge in [-0.15, -0.1) is 0 Å². The Bertz CT molecular complexity index is 259. The summed E-state index contributed by atoms with van der Waals surface area (Å²) < 4.78 is 4.88. The summed E-state index contributed by atoms with van der Waals surface area (Å²) in [6, 6.07) is 0. The smallest absolute Gasteiger partial charge is 0.338 e. The van der Waals surface area contributed by atoms with E-state index in [9.17, 15) is 4.79 Å². The highest BCUT2D eigenvalue weighted by atomic mass is 16.5. The van der Waals surface area contributed by atoms with Crippen LogP contribution in [-0.2, 0) is 9.53 Å². The van der Waals surface area contributed by atoms with Crippen LogP contribution in [0.25, 0.3) is 0 Å². The Morgan fingerprint density at radius 1 is 1.58 bits per heavy atom. The molecule has 0 atom stereocenters. The summed E-state index contributed by atoms with van der Waals surface area (Å²) in [5.74, 6) is -0.225. The van der Waals surface area contributed by atoms with Gasteiger partial charge in [0.2, 0.25) is 0 Å². The highest BCUT2D eigenvalue weighted by molar-refractivity contribution is 5.94. The summed E-state index contributed by atoms with van der Waals surface area (Å²) in [4.78, 5) is 11.1. The predicted molar refractivity (Wildman–Crippen MR) is 47.6 cm³/mol. The molecule has 0 aromatic rings. The number of hydrogen-bond donors (Lipinski definition) is 0. The third-order valence-corrected chi connectivity index (χ3v) is 1.78. The number of ether oxygens (including phenoxy) is 1. The van der Waals surface area contributed by atoms with E-state index in [2.05, 4.69) is 6.58 Å². The number of hydrogen-bond acceptors (Lipinski definition) is 2. The number of allylic oxidation sites excluding steroid dienone is 3. The Kier molecular flexibility index (Phi) is 2.86. The van der Waals surface area contributed by atoms with E-state index in [-0.39, 0.29) is 5.97 Å². The molecule has 1 fully saturated rings. The van der Waals surface area contributed by atoms with Crippen LogP contribution in [0.15, 0.2) is 36.0 Å². The van der Waals surface area contributed by atoms with Crippen LogP contribution in [0.5, 0.6) is 0 Å². The first-order valence-corrected chi connectivity index (χ1v) is 3.95. The summed E-state index contributed by atoms with van der Waals surface area (Å²) in [5, 5.41) is 0. The zero-order chi connectivity index (χ0) is 8.97. The van der Waals surface area contributed by atoms with E-state index in [4.69, 9.17) is 4.74 Å². The van der Waals surface area contributed by atoms with Gasteiger partial charge in [0.25, 0.3) is 0 Å². The van der Waals surface area contributed by atoms with Crippen molar-refractivity contribution in [3.8, 4) is 0 Å². The largest absolute Gasteiger partial charge is 0.462 e. The molecule has 64 valence electrons. The lowest BCUT2D eigenvalue weighted by Crippen LogP contribution is -2.17. The standard InChI is InChI=1S/C10H12O2/c1-3-5-8-6-7-12-10(11)9(8)4-2/h3-5H,1,6-7H2,2H3/b8-5-,9-4+. The first-order chi connectivity index (χ1) is 5.79. The third kappa shape index (κ3) is 1.64. The Morgan fingerprint density at radius 3 is 2.92 bits per heavy atom. The van der Waals surface area contributed by atoms with Crippen LogP contribution in [-0.4, -0.2) is 12.6 Å². The highest BCUT2D eigenvalue weighted by Gasteiger charge is 2.19. The topological polar surface area (TPSA) is 26.3 Å². The van der Waals surface area contributed by atoms with Gasteiger partial charge >= 0.3 is 5.97 Å². The Hall–Kier alpha value is -1.31. The average molecular weight is 164 g/mol. The van der Waals surface area contributed by atoms with Crippen LogP contribution in [0.1, 0.15) is 13.3 Å². The quantitative estimate of drug-likeness (QED) is 0.437. The molecule has 12 heavy (non-hydrogen) atoms. The van der Waals surface area contributed by atoms with Crippen LogP contribution in [0.4, 0.5) is 0 Å². The number of esters is 1. The zero-order valence-corrected chi connectivity index (χ0v) is 7.17. The first-order valence-electron chi connectivity index (χ1n) is 3.95. The second-order valence-corrected chi connectivity index (χ2v) is 2.52. The molecule has 1 heterocycles. The predicted octanol–water partition coefficient (Wildman–Crippen LogP) is 1.99. The molecule has 1 saturated heterocycles. The lowest BCUT2D eigenvalue weighted by Gasteiger charge is -2.16. The number of rotatable bonds is 1. The SMILES string of the molecule is C=C/C=C1/CCOC(=O)/C1=C/C. The Balaban J connectivity index is 2.93. The van der Waals surface area contributed by atoms with Gasteiger partial charge in [0.15, 0.2) is 0 Å². The molecule has 0 saturated carbocycles.